The summed E-state index contributed by atoms with van der Waals surface area (Å²) in [5.74, 6) is 1.16. The first-order valence-corrected chi connectivity index (χ1v) is 6.46. The van der Waals surface area contributed by atoms with Crippen LogP contribution in [0.2, 0.25) is 0 Å². The molecule has 0 atom stereocenters. The van der Waals surface area contributed by atoms with Gasteiger partial charge in [0.1, 0.15) is 5.82 Å². The largest absolute Gasteiger partial charge is 0.325 e. The molecule has 0 spiro atoms. The Hall–Kier alpha value is -1.31. The Labute approximate surface area is 103 Å². The maximum absolute atomic E-state index is 4.66. The lowest BCUT2D eigenvalue weighted by Gasteiger charge is -2.19. The molecule has 1 aromatic heterocycles. The van der Waals surface area contributed by atoms with Crippen molar-refractivity contribution < 1.29 is 0 Å². The van der Waals surface area contributed by atoms with Gasteiger partial charge in [-0.1, -0.05) is 26.8 Å². The molecule has 3 rings (SSSR count). The third-order valence-corrected chi connectivity index (χ3v) is 3.64. The number of aryl methyl sites for hydroxylation is 1. The number of hydrogen-bond donors (Lipinski definition) is 0. The zero-order valence-electron chi connectivity index (χ0n) is 11.1. The minimum Gasteiger partial charge on any atom is -0.325 e. The van der Waals surface area contributed by atoms with E-state index >= 15 is 0 Å². The molecule has 1 heterocycles. The van der Waals surface area contributed by atoms with Crippen molar-refractivity contribution in [2.45, 2.75) is 52.0 Å². The molecule has 1 fully saturated rings. The Morgan fingerprint density at radius 3 is 2.53 bits per heavy atom. The molecule has 2 nitrogen and oxygen atoms in total. The maximum atomic E-state index is 4.66. The van der Waals surface area contributed by atoms with Gasteiger partial charge in [0.05, 0.1) is 11.0 Å². The second kappa shape index (κ2) is 3.34. The quantitative estimate of drug-likeness (QED) is 0.722. The molecule has 0 saturated heterocycles. The number of nitrogens with zero attached hydrogens (tertiary/aromatic N) is 2. The van der Waals surface area contributed by atoms with Crippen LogP contribution in [0.15, 0.2) is 18.2 Å². The predicted molar refractivity (Wildman–Crippen MR) is 71.4 cm³/mol. The highest BCUT2D eigenvalue weighted by Gasteiger charge is 2.27. The molecule has 2 heteroatoms. The van der Waals surface area contributed by atoms with Crippen LogP contribution in [0.25, 0.3) is 11.0 Å². The normalized spacial score (nSPS) is 16.7. The zero-order valence-corrected chi connectivity index (χ0v) is 11.1. The third kappa shape index (κ3) is 1.76. The topological polar surface area (TPSA) is 17.8 Å². The van der Waals surface area contributed by atoms with Gasteiger partial charge in [0.25, 0.3) is 0 Å². The van der Waals surface area contributed by atoms with Gasteiger partial charge in [-0.15, -0.1) is 0 Å². The minimum absolute atomic E-state index is 0.209. The molecule has 2 aromatic rings. The molecule has 1 aliphatic rings. The highest BCUT2D eigenvalue weighted by atomic mass is 15.1. The van der Waals surface area contributed by atoms with E-state index in [1.165, 1.54) is 23.9 Å². The molecule has 0 amide bonds. The van der Waals surface area contributed by atoms with Crippen molar-refractivity contribution in [1.82, 2.24) is 9.55 Å². The van der Waals surface area contributed by atoms with Crippen molar-refractivity contribution in [2.24, 2.45) is 0 Å². The lowest BCUT2D eigenvalue weighted by Crippen LogP contribution is -2.11. The summed E-state index contributed by atoms with van der Waals surface area (Å²) in [4.78, 5) is 4.66. The molecule has 1 aromatic carbocycles. The fourth-order valence-electron chi connectivity index (χ4n) is 2.47. The van der Waals surface area contributed by atoms with Gasteiger partial charge in [0, 0.05) is 6.04 Å². The van der Waals surface area contributed by atoms with E-state index in [-0.39, 0.29) is 5.41 Å². The first-order chi connectivity index (χ1) is 7.97. The van der Waals surface area contributed by atoms with Crippen molar-refractivity contribution in [3.63, 3.8) is 0 Å². The first-order valence-electron chi connectivity index (χ1n) is 6.46. The Bertz CT molecular complexity index is 568. The van der Waals surface area contributed by atoms with Gasteiger partial charge in [0.2, 0.25) is 0 Å². The van der Waals surface area contributed by atoms with Crippen LogP contribution < -0.4 is 0 Å². The van der Waals surface area contributed by atoms with Crippen LogP contribution in [-0.4, -0.2) is 9.55 Å². The monoisotopic (exact) mass is 228 g/mol. The molecule has 1 saturated carbocycles. The van der Waals surface area contributed by atoms with E-state index in [1.807, 2.05) is 0 Å². The Kier molecular flexibility index (Phi) is 2.13. The van der Waals surface area contributed by atoms with Crippen molar-refractivity contribution >= 4 is 11.0 Å². The number of hydrogen-bond acceptors (Lipinski definition) is 1. The summed E-state index contributed by atoms with van der Waals surface area (Å²) in [7, 11) is 0. The van der Waals surface area contributed by atoms with Gasteiger partial charge in [-0.05, 0) is 42.9 Å². The molecular formula is C15H20N2. The Balaban J connectivity index is 2.23. The first kappa shape index (κ1) is 10.8. The van der Waals surface area contributed by atoms with Crippen molar-refractivity contribution in [3.8, 4) is 0 Å². The van der Waals surface area contributed by atoms with Crippen LogP contribution in [-0.2, 0) is 5.41 Å². The summed E-state index contributed by atoms with van der Waals surface area (Å²) in [6.07, 6.45) is 2.62. The third-order valence-electron chi connectivity index (χ3n) is 3.64. The number of benzene rings is 1. The summed E-state index contributed by atoms with van der Waals surface area (Å²) in [5.41, 5.74) is 4.06. The molecule has 90 valence electrons. The molecule has 1 aliphatic carbocycles. The van der Waals surface area contributed by atoms with E-state index < -0.39 is 0 Å². The smallest absolute Gasteiger partial charge is 0.106 e. The lowest BCUT2D eigenvalue weighted by atomic mass is 9.87. The molecule has 0 unspecified atom stereocenters. The fraction of sp³-hybridized carbons (Fsp3) is 0.533. The van der Waals surface area contributed by atoms with Crippen molar-refractivity contribution in [3.05, 3.63) is 29.6 Å². The minimum atomic E-state index is 0.209. The molecule has 0 N–H and O–H groups in total. The Morgan fingerprint density at radius 2 is 1.94 bits per heavy atom. The summed E-state index contributed by atoms with van der Waals surface area (Å²) in [6.45, 7) is 8.91. The van der Waals surface area contributed by atoms with Gasteiger partial charge in [-0.3, -0.25) is 0 Å². The molecule has 17 heavy (non-hydrogen) atoms. The highest BCUT2D eigenvalue weighted by Crippen LogP contribution is 2.39. The number of aromatic nitrogens is 2. The number of fused-ring (bicyclic) bond motifs is 1. The standard InChI is InChI=1S/C15H20N2/c1-10-16-13-8-5-11(15(2,3)4)9-14(13)17(10)12-6-7-12/h5,8-9,12H,6-7H2,1-4H3. The van der Waals surface area contributed by atoms with Crippen LogP contribution in [0.3, 0.4) is 0 Å². The number of imidazole rings is 1. The zero-order chi connectivity index (χ0) is 12.2. The van der Waals surface area contributed by atoms with Gasteiger partial charge >= 0.3 is 0 Å². The predicted octanol–water partition coefficient (Wildman–Crippen LogP) is 3.98. The van der Waals surface area contributed by atoms with Gasteiger partial charge < -0.3 is 4.57 Å². The van der Waals surface area contributed by atoms with Crippen LogP contribution in [0.5, 0.6) is 0 Å². The average molecular weight is 228 g/mol. The van der Waals surface area contributed by atoms with Crippen LogP contribution in [0, 0.1) is 6.92 Å². The summed E-state index contributed by atoms with van der Waals surface area (Å²) < 4.78 is 2.42. The van der Waals surface area contributed by atoms with E-state index in [1.54, 1.807) is 0 Å². The van der Waals surface area contributed by atoms with Gasteiger partial charge in [-0.2, -0.15) is 0 Å². The second-order valence-corrected chi connectivity index (χ2v) is 6.21. The number of rotatable bonds is 1. The SMILES string of the molecule is Cc1nc2ccc(C(C)(C)C)cc2n1C1CC1. The van der Waals surface area contributed by atoms with E-state index in [2.05, 4.69) is 55.4 Å². The highest BCUT2D eigenvalue weighted by molar-refractivity contribution is 5.77. The second-order valence-electron chi connectivity index (χ2n) is 6.21. The molecular weight excluding hydrogens is 208 g/mol. The maximum Gasteiger partial charge on any atom is 0.106 e. The van der Waals surface area contributed by atoms with E-state index in [4.69, 9.17) is 0 Å². The molecule has 0 radical (unpaired) electrons. The van der Waals surface area contributed by atoms with Crippen molar-refractivity contribution in [1.29, 1.82) is 0 Å². The Morgan fingerprint density at radius 1 is 1.24 bits per heavy atom. The van der Waals surface area contributed by atoms with Crippen LogP contribution >= 0.6 is 0 Å². The van der Waals surface area contributed by atoms with E-state index in [0.717, 1.165) is 11.3 Å². The van der Waals surface area contributed by atoms with Crippen LogP contribution in [0.1, 0.15) is 51.0 Å². The van der Waals surface area contributed by atoms with Crippen molar-refractivity contribution in [2.75, 3.05) is 0 Å². The average Bonchev–Trinajstić information content (AvgIpc) is 2.99. The fourth-order valence-corrected chi connectivity index (χ4v) is 2.47. The van der Waals surface area contributed by atoms with E-state index in [9.17, 15) is 0 Å². The van der Waals surface area contributed by atoms with Gasteiger partial charge in [-0.25, -0.2) is 4.98 Å². The summed E-state index contributed by atoms with van der Waals surface area (Å²) >= 11 is 0. The molecule has 0 bridgehead atoms. The van der Waals surface area contributed by atoms with Crippen LogP contribution in [0.4, 0.5) is 0 Å². The lowest BCUT2D eigenvalue weighted by molar-refractivity contribution is 0.590. The van der Waals surface area contributed by atoms with E-state index in [0.29, 0.717) is 6.04 Å². The van der Waals surface area contributed by atoms with Gasteiger partial charge in [0.15, 0.2) is 0 Å². The summed E-state index contributed by atoms with van der Waals surface area (Å²) in [5, 5.41) is 0. The summed E-state index contributed by atoms with van der Waals surface area (Å²) in [6, 6.07) is 7.41. The molecule has 0 aliphatic heterocycles.